The van der Waals surface area contributed by atoms with E-state index in [1.165, 1.54) is 29.2 Å². The van der Waals surface area contributed by atoms with Crippen LogP contribution < -0.4 is 5.32 Å². The predicted molar refractivity (Wildman–Crippen MR) is 79.8 cm³/mol. The second-order valence-corrected chi connectivity index (χ2v) is 6.59. The number of nitrogens with one attached hydrogen (secondary N) is 1. The number of likely N-dealkylation sites (N-methyl/N-ethyl adjacent to an activating group) is 2. The highest BCUT2D eigenvalue weighted by molar-refractivity contribution is 7.90. The molecule has 116 valence electrons. The first-order valence-electron chi connectivity index (χ1n) is 6.65. The van der Waals surface area contributed by atoms with Crippen molar-refractivity contribution in [3.8, 4) is 0 Å². The lowest BCUT2D eigenvalue weighted by molar-refractivity contribution is -0.121. The molecular formula is C14H20N2O4S. The zero-order chi connectivity index (χ0) is 16.0. The van der Waals surface area contributed by atoms with E-state index in [2.05, 4.69) is 5.32 Å². The van der Waals surface area contributed by atoms with Gasteiger partial charge in [0, 0.05) is 24.9 Å². The number of hydrogen-bond donors (Lipinski definition) is 1. The normalized spacial score (nSPS) is 11.0. The number of carbonyl (C=O) groups is 2. The maximum atomic E-state index is 12.3. The SMILES string of the molecule is CCNC(=O)CN(CC)C(=O)c1ccc(S(C)(=O)=O)cc1. The number of hydrogen-bond acceptors (Lipinski definition) is 4. The van der Waals surface area contributed by atoms with Gasteiger partial charge in [-0.3, -0.25) is 9.59 Å². The Balaban J connectivity index is 2.88. The van der Waals surface area contributed by atoms with E-state index in [4.69, 9.17) is 0 Å². The fraction of sp³-hybridized carbons (Fsp3) is 0.429. The molecule has 21 heavy (non-hydrogen) atoms. The number of rotatable bonds is 6. The number of amides is 2. The lowest BCUT2D eigenvalue weighted by Gasteiger charge is -2.20. The highest BCUT2D eigenvalue weighted by Crippen LogP contribution is 2.12. The Morgan fingerprint density at radius 2 is 1.71 bits per heavy atom. The first kappa shape index (κ1) is 17.2. The van der Waals surface area contributed by atoms with Gasteiger partial charge in [0.1, 0.15) is 0 Å². The predicted octanol–water partition coefficient (Wildman–Crippen LogP) is 0.688. The van der Waals surface area contributed by atoms with E-state index in [9.17, 15) is 18.0 Å². The molecule has 0 heterocycles. The first-order chi connectivity index (χ1) is 9.79. The van der Waals surface area contributed by atoms with Gasteiger partial charge in [-0.05, 0) is 38.1 Å². The summed E-state index contributed by atoms with van der Waals surface area (Å²) in [5.41, 5.74) is 0.355. The molecule has 1 N–H and O–H groups in total. The highest BCUT2D eigenvalue weighted by Gasteiger charge is 2.17. The van der Waals surface area contributed by atoms with Gasteiger partial charge >= 0.3 is 0 Å². The molecule has 6 nitrogen and oxygen atoms in total. The zero-order valence-corrected chi connectivity index (χ0v) is 13.2. The van der Waals surface area contributed by atoms with Crippen LogP contribution in [0, 0.1) is 0 Å². The molecule has 0 fully saturated rings. The van der Waals surface area contributed by atoms with E-state index >= 15 is 0 Å². The molecule has 0 saturated heterocycles. The summed E-state index contributed by atoms with van der Waals surface area (Å²) in [6.07, 6.45) is 1.11. The van der Waals surface area contributed by atoms with Gasteiger partial charge in [-0.15, -0.1) is 0 Å². The molecular weight excluding hydrogens is 292 g/mol. The van der Waals surface area contributed by atoms with Crippen LogP contribution in [0.25, 0.3) is 0 Å². The van der Waals surface area contributed by atoms with E-state index in [-0.39, 0.29) is 23.3 Å². The Morgan fingerprint density at radius 1 is 1.14 bits per heavy atom. The van der Waals surface area contributed by atoms with Crippen molar-refractivity contribution in [3.05, 3.63) is 29.8 Å². The van der Waals surface area contributed by atoms with Crippen molar-refractivity contribution in [1.82, 2.24) is 10.2 Å². The second kappa shape index (κ2) is 7.21. The van der Waals surface area contributed by atoms with Crippen molar-refractivity contribution >= 4 is 21.7 Å². The summed E-state index contributed by atoms with van der Waals surface area (Å²) in [5.74, 6) is -0.524. The minimum absolute atomic E-state index is 0.0169. The molecule has 0 saturated carbocycles. The number of nitrogens with zero attached hydrogens (tertiary/aromatic N) is 1. The largest absolute Gasteiger partial charge is 0.355 e. The van der Waals surface area contributed by atoms with Crippen LogP contribution in [-0.2, 0) is 14.6 Å². The van der Waals surface area contributed by atoms with Crippen LogP contribution >= 0.6 is 0 Å². The van der Waals surface area contributed by atoms with Crippen LogP contribution in [0.15, 0.2) is 29.2 Å². The van der Waals surface area contributed by atoms with Crippen LogP contribution in [0.4, 0.5) is 0 Å². The van der Waals surface area contributed by atoms with Crippen LogP contribution in [0.1, 0.15) is 24.2 Å². The molecule has 7 heteroatoms. The third-order valence-corrected chi connectivity index (χ3v) is 4.04. The lowest BCUT2D eigenvalue weighted by Crippen LogP contribution is -2.40. The molecule has 0 spiro atoms. The average Bonchev–Trinajstić information content (AvgIpc) is 2.43. The Hall–Kier alpha value is -1.89. The maximum absolute atomic E-state index is 12.3. The summed E-state index contributed by atoms with van der Waals surface area (Å²) in [5, 5.41) is 2.63. The highest BCUT2D eigenvalue weighted by atomic mass is 32.2. The summed E-state index contributed by atoms with van der Waals surface area (Å²) >= 11 is 0. The van der Waals surface area contributed by atoms with Crippen molar-refractivity contribution in [2.45, 2.75) is 18.7 Å². The molecule has 1 aromatic carbocycles. The molecule has 0 atom stereocenters. The maximum Gasteiger partial charge on any atom is 0.254 e. The molecule has 0 unspecified atom stereocenters. The Kier molecular flexibility index (Phi) is 5.90. The summed E-state index contributed by atoms with van der Waals surface area (Å²) < 4.78 is 22.7. The minimum Gasteiger partial charge on any atom is -0.355 e. The van der Waals surface area contributed by atoms with Gasteiger partial charge in [0.05, 0.1) is 11.4 Å². The number of carbonyl (C=O) groups excluding carboxylic acids is 2. The van der Waals surface area contributed by atoms with Gasteiger partial charge in [0.2, 0.25) is 5.91 Å². The van der Waals surface area contributed by atoms with Crippen LogP contribution in [0.2, 0.25) is 0 Å². The van der Waals surface area contributed by atoms with Crippen molar-refractivity contribution < 1.29 is 18.0 Å². The molecule has 2 amide bonds. The first-order valence-corrected chi connectivity index (χ1v) is 8.54. The van der Waals surface area contributed by atoms with Crippen LogP contribution in [0.3, 0.4) is 0 Å². The van der Waals surface area contributed by atoms with E-state index in [0.29, 0.717) is 18.7 Å². The molecule has 0 radical (unpaired) electrons. The van der Waals surface area contributed by atoms with Crippen LogP contribution in [0.5, 0.6) is 0 Å². The molecule has 0 aliphatic carbocycles. The van der Waals surface area contributed by atoms with E-state index < -0.39 is 9.84 Å². The lowest BCUT2D eigenvalue weighted by atomic mass is 10.2. The van der Waals surface area contributed by atoms with Crippen molar-refractivity contribution in [2.24, 2.45) is 0 Å². The molecule has 0 aliphatic heterocycles. The zero-order valence-electron chi connectivity index (χ0n) is 12.4. The Morgan fingerprint density at radius 3 is 2.14 bits per heavy atom. The van der Waals surface area contributed by atoms with Gasteiger partial charge in [-0.1, -0.05) is 0 Å². The minimum atomic E-state index is -3.29. The third-order valence-electron chi connectivity index (χ3n) is 2.91. The van der Waals surface area contributed by atoms with E-state index in [0.717, 1.165) is 6.26 Å². The Bertz CT molecular complexity index is 608. The topological polar surface area (TPSA) is 83.6 Å². The molecule has 1 rings (SSSR count). The van der Waals surface area contributed by atoms with Gasteiger partial charge < -0.3 is 10.2 Å². The average molecular weight is 312 g/mol. The van der Waals surface area contributed by atoms with Crippen LogP contribution in [-0.4, -0.2) is 51.0 Å². The van der Waals surface area contributed by atoms with E-state index in [1.54, 1.807) is 13.8 Å². The van der Waals surface area contributed by atoms with Crippen molar-refractivity contribution in [1.29, 1.82) is 0 Å². The third kappa shape index (κ3) is 4.86. The Labute approximate surface area is 125 Å². The standard InChI is InChI=1S/C14H20N2O4S/c1-4-15-13(17)10-16(5-2)14(18)11-6-8-12(9-7-11)21(3,19)20/h6-9H,4-5,10H2,1-3H3,(H,15,17). The monoisotopic (exact) mass is 312 g/mol. The van der Waals surface area contributed by atoms with Crippen molar-refractivity contribution in [2.75, 3.05) is 25.9 Å². The van der Waals surface area contributed by atoms with E-state index in [1.807, 2.05) is 0 Å². The fourth-order valence-electron chi connectivity index (χ4n) is 1.78. The quantitative estimate of drug-likeness (QED) is 0.837. The summed E-state index contributed by atoms with van der Waals surface area (Å²) in [6.45, 7) is 4.47. The second-order valence-electron chi connectivity index (χ2n) is 4.57. The van der Waals surface area contributed by atoms with Gasteiger partial charge in [-0.25, -0.2) is 8.42 Å². The number of sulfone groups is 1. The summed E-state index contributed by atoms with van der Waals surface area (Å²) in [4.78, 5) is 25.4. The van der Waals surface area contributed by atoms with Gasteiger partial charge in [0.25, 0.3) is 5.91 Å². The fourth-order valence-corrected chi connectivity index (χ4v) is 2.41. The van der Waals surface area contributed by atoms with Crippen molar-refractivity contribution in [3.63, 3.8) is 0 Å². The molecule has 0 aromatic heterocycles. The molecule has 0 bridgehead atoms. The van der Waals surface area contributed by atoms with Gasteiger partial charge in [0.15, 0.2) is 9.84 Å². The number of benzene rings is 1. The molecule has 0 aliphatic rings. The van der Waals surface area contributed by atoms with Gasteiger partial charge in [-0.2, -0.15) is 0 Å². The summed E-state index contributed by atoms with van der Waals surface area (Å²) in [6, 6.07) is 5.70. The smallest absolute Gasteiger partial charge is 0.254 e. The molecule has 1 aromatic rings. The summed E-state index contributed by atoms with van der Waals surface area (Å²) in [7, 11) is -3.29.